The molecule has 0 aromatic carbocycles. The maximum atomic E-state index is 10.0. The first-order chi connectivity index (χ1) is 4.83. The van der Waals surface area contributed by atoms with E-state index in [2.05, 4.69) is 5.32 Å². The zero-order valence-corrected chi connectivity index (χ0v) is 6.44. The standard InChI is InChI=1S/C7H8NOS/c1-6(4-9)8-7-2-3-10-5-7/h2-3,5-6,8H,1H3. The second-order valence-electron chi connectivity index (χ2n) is 2.00. The molecular formula is C7H8NOS. The van der Waals surface area contributed by atoms with Gasteiger partial charge >= 0.3 is 0 Å². The van der Waals surface area contributed by atoms with Crippen molar-refractivity contribution in [2.75, 3.05) is 5.32 Å². The van der Waals surface area contributed by atoms with Crippen LogP contribution in [-0.4, -0.2) is 12.3 Å². The van der Waals surface area contributed by atoms with Gasteiger partial charge in [0.2, 0.25) is 6.29 Å². The van der Waals surface area contributed by atoms with E-state index in [-0.39, 0.29) is 6.04 Å². The van der Waals surface area contributed by atoms with Crippen molar-refractivity contribution >= 4 is 23.3 Å². The van der Waals surface area contributed by atoms with Gasteiger partial charge < -0.3 is 5.32 Å². The van der Waals surface area contributed by atoms with Gasteiger partial charge in [0.15, 0.2) is 0 Å². The topological polar surface area (TPSA) is 29.1 Å². The summed E-state index contributed by atoms with van der Waals surface area (Å²) in [7, 11) is 0. The number of anilines is 1. The molecule has 2 nitrogen and oxygen atoms in total. The number of thiophene rings is 1. The van der Waals surface area contributed by atoms with Crippen LogP contribution in [0.4, 0.5) is 5.69 Å². The Labute approximate surface area is 63.9 Å². The van der Waals surface area contributed by atoms with Crippen LogP contribution < -0.4 is 5.32 Å². The van der Waals surface area contributed by atoms with Crippen molar-refractivity contribution in [2.45, 2.75) is 13.0 Å². The van der Waals surface area contributed by atoms with E-state index in [1.807, 2.05) is 23.1 Å². The Hall–Kier alpha value is -0.830. The average Bonchev–Trinajstić information content (AvgIpc) is 2.40. The van der Waals surface area contributed by atoms with E-state index in [1.54, 1.807) is 18.3 Å². The van der Waals surface area contributed by atoms with Gasteiger partial charge in [0.05, 0.1) is 6.04 Å². The molecule has 0 bridgehead atoms. The van der Waals surface area contributed by atoms with Crippen LogP contribution in [0, 0.1) is 0 Å². The van der Waals surface area contributed by atoms with Crippen molar-refractivity contribution < 1.29 is 4.79 Å². The van der Waals surface area contributed by atoms with E-state index in [0.29, 0.717) is 0 Å². The maximum absolute atomic E-state index is 10.0. The number of nitrogens with one attached hydrogen (secondary N) is 1. The van der Waals surface area contributed by atoms with E-state index < -0.39 is 0 Å². The van der Waals surface area contributed by atoms with Gasteiger partial charge in [-0.25, -0.2) is 0 Å². The zero-order valence-electron chi connectivity index (χ0n) is 5.63. The second kappa shape index (κ2) is 3.37. The molecule has 1 rings (SSSR count). The van der Waals surface area contributed by atoms with Crippen molar-refractivity contribution in [3.63, 3.8) is 0 Å². The van der Waals surface area contributed by atoms with Crippen LogP contribution in [0.5, 0.6) is 0 Å². The van der Waals surface area contributed by atoms with Gasteiger partial charge in [0, 0.05) is 11.1 Å². The van der Waals surface area contributed by atoms with Crippen LogP contribution in [0.25, 0.3) is 0 Å². The fraction of sp³-hybridized carbons (Fsp3) is 0.286. The fourth-order valence-corrected chi connectivity index (χ4v) is 1.22. The van der Waals surface area contributed by atoms with Gasteiger partial charge in [-0.3, -0.25) is 4.79 Å². The Morgan fingerprint density at radius 1 is 1.80 bits per heavy atom. The maximum Gasteiger partial charge on any atom is 0.222 e. The van der Waals surface area contributed by atoms with Crippen LogP contribution in [0.2, 0.25) is 0 Å². The summed E-state index contributed by atoms with van der Waals surface area (Å²) in [6.45, 7) is 1.77. The first-order valence-electron chi connectivity index (χ1n) is 2.99. The van der Waals surface area contributed by atoms with Crippen molar-refractivity contribution in [1.82, 2.24) is 0 Å². The number of hydrogen-bond donors (Lipinski definition) is 1. The Kier molecular flexibility index (Phi) is 2.45. The van der Waals surface area contributed by atoms with Gasteiger partial charge in [-0.05, 0) is 18.4 Å². The van der Waals surface area contributed by atoms with E-state index in [1.165, 1.54) is 0 Å². The molecule has 1 aromatic heterocycles. The SMILES string of the molecule is CC([C]=O)Nc1ccsc1. The summed E-state index contributed by atoms with van der Waals surface area (Å²) in [6, 6.07) is 1.72. The lowest BCUT2D eigenvalue weighted by molar-refractivity contribution is 0.549. The van der Waals surface area contributed by atoms with Gasteiger partial charge in [-0.1, -0.05) is 0 Å². The summed E-state index contributed by atoms with van der Waals surface area (Å²) >= 11 is 1.60. The molecule has 0 fully saturated rings. The number of carbonyl (C=O) groups excluding carboxylic acids is 1. The number of rotatable bonds is 3. The molecule has 0 saturated heterocycles. The Bertz CT molecular complexity index is 195. The first-order valence-corrected chi connectivity index (χ1v) is 3.93. The summed E-state index contributed by atoms with van der Waals surface area (Å²) in [5.41, 5.74) is 0.987. The predicted octanol–water partition coefficient (Wildman–Crippen LogP) is 1.66. The zero-order chi connectivity index (χ0) is 7.40. The molecule has 53 valence electrons. The van der Waals surface area contributed by atoms with Gasteiger partial charge in [0.25, 0.3) is 0 Å². The van der Waals surface area contributed by atoms with E-state index in [9.17, 15) is 4.79 Å². The Morgan fingerprint density at radius 2 is 2.60 bits per heavy atom. The molecule has 0 aliphatic rings. The summed E-state index contributed by atoms with van der Waals surface area (Å²) in [6.07, 6.45) is 1.85. The van der Waals surface area contributed by atoms with Gasteiger partial charge in [-0.15, -0.1) is 0 Å². The molecule has 1 atom stereocenters. The molecule has 0 amide bonds. The van der Waals surface area contributed by atoms with Gasteiger partial charge in [0.1, 0.15) is 0 Å². The van der Waals surface area contributed by atoms with Crippen LogP contribution in [0.1, 0.15) is 6.92 Å². The largest absolute Gasteiger partial charge is 0.374 e. The molecule has 0 aliphatic carbocycles. The third kappa shape index (κ3) is 1.84. The summed E-state index contributed by atoms with van der Waals surface area (Å²) in [5.74, 6) is 0. The van der Waals surface area contributed by atoms with Crippen molar-refractivity contribution in [3.8, 4) is 0 Å². The molecule has 0 saturated carbocycles. The second-order valence-corrected chi connectivity index (χ2v) is 2.78. The molecule has 1 heterocycles. The van der Waals surface area contributed by atoms with Crippen molar-refractivity contribution in [3.05, 3.63) is 16.8 Å². The Balaban J connectivity index is 2.47. The van der Waals surface area contributed by atoms with E-state index >= 15 is 0 Å². The highest BCUT2D eigenvalue weighted by atomic mass is 32.1. The lowest BCUT2D eigenvalue weighted by Gasteiger charge is -2.03. The molecule has 1 unspecified atom stereocenters. The Morgan fingerprint density at radius 3 is 3.10 bits per heavy atom. The van der Waals surface area contributed by atoms with Crippen LogP contribution >= 0.6 is 11.3 Å². The van der Waals surface area contributed by atoms with Crippen LogP contribution in [-0.2, 0) is 4.79 Å². The first kappa shape index (κ1) is 7.28. The average molecular weight is 154 g/mol. The molecule has 10 heavy (non-hydrogen) atoms. The smallest absolute Gasteiger partial charge is 0.222 e. The highest BCUT2D eigenvalue weighted by Gasteiger charge is 1.98. The van der Waals surface area contributed by atoms with Gasteiger partial charge in [-0.2, -0.15) is 11.3 Å². The van der Waals surface area contributed by atoms with E-state index in [0.717, 1.165) is 5.69 Å². The molecular weight excluding hydrogens is 146 g/mol. The lowest BCUT2D eigenvalue weighted by atomic mass is 10.3. The summed E-state index contributed by atoms with van der Waals surface area (Å²) in [4.78, 5) is 10.0. The fourth-order valence-electron chi connectivity index (χ4n) is 0.626. The quantitative estimate of drug-likeness (QED) is 0.717. The summed E-state index contributed by atoms with van der Waals surface area (Å²) in [5, 5.41) is 6.87. The monoisotopic (exact) mass is 154 g/mol. The third-order valence-electron chi connectivity index (χ3n) is 1.08. The molecule has 1 radical (unpaired) electrons. The molecule has 1 N–H and O–H groups in total. The van der Waals surface area contributed by atoms with Crippen molar-refractivity contribution in [1.29, 1.82) is 0 Å². The molecule has 0 spiro atoms. The minimum Gasteiger partial charge on any atom is -0.374 e. The summed E-state index contributed by atoms with van der Waals surface area (Å²) < 4.78 is 0. The highest BCUT2D eigenvalue weighted by Crippen LogP contribution is 2.11. The van der Waals surface area contributed by atoms with Crippen molar-refractivity contribution in [2.24, 2.45) is 0 Å². The lowest BCUT2D eigenvalue weighted by Crippen LogP contribution is -2.15. The van der Waals surface area contributed by atoms with Crippen LogP contribution in [0.15, 0.2) is 16.8 Å². The molecule has 0 aliphatic heterocycles. The van der Waals surface area contributed by atoms with E-state index in [4.69, 9.17) is 0 Å². The minimum absolute atomic E-state index is 0.213. The number of hydrogen-bond acceptors (Lipinski definition) is 3. The normalized spacial score (nSPS) is 12.5. The van der Waals surface area contributed by atoms with Crippen LogP contribution in [0.3, 0.4) is 0 Å². The highest BCUT2D eigenvalue weighted by molar-refractivity contribution is 7.08. The minimum atomic E-state index is -0.213. The third-order valence-corrected chi connectivity index (χ3v) is 1.76. The molecule has 3 heteroatoms. The predicted molar refractivity (Wildman–Crippen MR) is 43.1 cm³/mol. The molecule has 1 aromatic rings.